The topological polar surface area (TPSA) is 49.4 Å². The molecule has 1 amide bonds. The molecule has 1 heterocycles. The van der Waals surface area contributed by atoms with Crippen molar-refractivity contribution in [1.82, 2.24) is 10.2 Å². The molecule has 1 aliphatic rings. The third-order valence-corrected chi connectivity index (χ3v) is 3.95. The van der Waals surface area contributed by atoms with Crippen LogP contribution in [0.3, 0.4) is 0 Å². The number of piperidine rings is 1. The highest BCUT2D eigenvalue weighted by Gasteiger charge is 2.29. The second-order valence-corrected chi connectivity index (χ2v) is 5.94. The second-order valence-electron chi connectivity index (χ2n) is 5.94. The summed E-state index contributed by atoms with van der Waals surface area (Å²) in [6, 6.07) is -0.154. The van der Waals surface area contributed by atoms with Crippen LogP contribution in [0.25, 0.3) is 0 Å². The number of nitrogens with one attached hydrogen (secondary N) is 1. The summed E-state index contributed by atoms with van der Waals surface area (Å²) in [6.45, 7) is 9.67. The van der Waals surface area contributed by atoms with Crippen LogP contribution in [0.4, 0.5) is 0 Å². The van der Waals surface area contributed by atoms with Crippen molar-refractivity contribution >= 4 is 12.2 Å². The Morgan fingerprint density at radius 3 is 2.78 bits per heavy atom. The summed E-state index contributed by atoms with van der Waals surface area (Å²) in [5, 5.41) is 3.07. The maximum absolute atomic E-state index is 12.2. The van der Waals surface area contributed by atoms with E-state index in [9.17, 15) is 9.59 Å². The molecule has 4 heteroatoms. The summed E-state index contributed by atoms with van der Waals surface area (Å²) < 4.78 is 0. The first kappa shape index (κ1) is 15.2. The highest BCUT2D eigenvalue weighted by molar-refractivity contribution is 5.82. The molecular formula is C14H26N2O2. The van der Waals surface area contributed by atoms with Gasteiger partial charge < -0.3 is 10.1 Å². The van der Waals surface area contributed by atoms with Crippen LogP contribution in [-0.2, 0) is 9.59 Å². The predicted molar refractivity (Wildman–Crippen MR) is 72.3 cm³/mol. The largest absolute Gasteiger partial charge is 0.350 e. The molecule has 1 rings (SSSR count). The van der Waals surface area contributed by atoms with Gasteiger partial charge in [0.05, 0.1) is 6.04 Å². The van der Waals surface area contributed by atoms with Crippen LogP contribution in [0.15, 0.2) is 0 Å². The lowest BCUT2D eigenvalue weighted by Gasteiger charge is -2.36. The predicted octanol–water partition coefficient (Wildman–Crippen LogP) is 1.59. The molecule has 104 valence electrons. The molecule has 2 atom stereocenters. The second kappa shape index (κ2) is 6.32. The van der Waals surface area contributed by atoms with E-state index in [1.165, 1.54) is 0 Å². The molecule has 2 unspecified atom stereocenters. The average Bonchev–Trinajstić information content (AvgIpc) is 2.37. The maximum atomic E-state index is 12.2. The number of hydrogen-bond acceptors (Lipinski definition) is 3. The molecule has 18 heavy (non-hydrogen) atoms. The number of carbonyl (C=O) groups is 2. The van der Waals surface area contributed by atoms with Crippen LogP contribution in [0.5, 0.6) is 0 Å². The first-order chi connectivity index (χ1) is 8.39. The SMILES string of the molecule is CCC(C)(C)NC(=O)C(C)N1CCCC(C=O)C1. The van der Waals surface area contributed by atoms with E-state index in [4.69, 9.17) is 0 Å². The van der Waals surface area contributed by atoms with Gasteiger partial charge in [0.2, 0.25) is 5.91 Å². The molecule has 1 fully saturated rings. The van der Waals surface area contributed by atoms with E-state index in [0.29, 0.717) is 6.54 Å². The average molecular weight is 254 g/mol. The van der Waals surface area contributed by atoms with E-state index in [1.54, 1.807) is 0 Å². The van der Waals surface area contributed by atoms with E-state index in [0.717, 1.165) is 32.1 Å². The quantitative estimate of drug-likeness (QED) is 0.758. The molecule has 1 aliphatic heterocycles. The molecule has 0 aromatic carbocycles. The number of aldehydes is 1. The summed E-state index contributed by atoms with van der Waals surface area (Å²) in [4.78, 5) is 25.1. The van der Waals surface area contributed by atoms with Crippen molar-refractivity contribution in [3.63, 3.8) is 0 Å². The number of carbonyl (C=O) groups excluding carboxylic acids is 2. The Hall–Kier alpha value is -0.900. The molecule has 0 aliphatic carbocycles. The van der Waals surface area contributed by atoms with Crippen molar-refractivity contribution in [2.24, 2.45) is 5.92 Å². The third-order valence-electron chi connectivity index (χ3n) is 3.95. The van der Waals surface area contributed by atoms with Gasteiger partial charge in [0.1, 0.15) is 6.29 Å². The number of likely N-dealkylation sites (tertiary alicyclic amines) is 1. The lowest BCUT2D eigenvalue weighted by molar-refractivity contribution is -0.129. The number of rotatable bonds is 5. The summed E-state index contributed by atoms with van der Waals surface area (Å²) in [5.41, 5.74) is -0.162. The van der Waals surface area contributed by atoms with Gasteiger partial charge in [-0.05, 0) is 46.6 Å². The van der Waals surface area contributed by atoms with Gasteiger partial charge in [0.15, 0.2) is 0 Å². The van der Waals surface area contributed by atoms with E-state index in [2.05, 4.69) is 17.1 Å². The number of amides is 1. The lowest BCUT2D eigenvalue weighted by Crippen LogP contribution is -2.54. The third kappa shape index (κ3) is 4.09. The van der Waals surface area contributed by atoms with Gasteiger partial charge in [-0.25, -0.2) is 0 Å². The van der Waals surface area contributed by atoms with Crippen LogP contribution in [-0.4, -0.2) is 41.8 Å². The fourth-order valence-corrected chi connectivity index (χ4v) is 2.20. The van der Waals surface area contributed by atoms with Gasteiger partial charge in [-0.15, -0.1) is 0 Å². The monoisotopic (exact) mass is 254 g/mol. The highest BCUT2D eigenvalue weighted by atomic mass is 16.2. The van der Waals surface area contributed by atoms with E-state index >= 15 is 0 Å². The molecule has 0 aromatic heterocycles. The van der Waals surface area contributed by atoms with E-state index < -0.39 is 0 Å². The summed E-state index contributed by atoms with van der Waals surface area (Å²) in [5.74, 6) is 0.154. The van der Waals surface area contributed by atoms with Gasteiger partial charge >= 0.3 is 0 Å². The maximum Gasteiger partial charge on any atom is 0.237 e. The zero-order valence-electron chi connectivity index (χ0n) is 12.0. The summed E-state index contributed by atoms with van der Waals surface area (Å²) in [7, 11) is 0. The van der Waals surface area contributed by atoms with Gasteiger partial charge in [0, 0.05) is 18.0 Å². The summed E-state index contributed by atoms with van der Waals surface area (Å²) in [6.07, 6.45) is 3.88. The molecule has 0 saturated carbocycles. The molecule has 1 saturated heterocycles. The number of hydrogen-bond donors (Lipinski definition) is 1. The fourth-order valence-electron chi connectivity index (χ4n) is 2.20. The van der Waals surface area contributed by atoms with Crippen molar-refractivity contribution in [2.75, 3.05) is 13.1 Å². The lowest BCUT2D eigenvalue weighted by atomic mass is 9.97. The molecule has 0 radical (unpaired) electrons. The van der Waals surface area contributed by atoms with Gasteiger partial charge in [-0.3, -0.25) is 9.69 Å². The standard InChI is InChI=1S/C14H26N2O2/c1-5-14(3,4)15-13(18)11(2)16-8-6-7-12(9-16)10-17/h10-12H,5-9H2,1-4H3,(H,15,18). The Bertz CT molecular complexity index is 302. The molecule has 0 spiro atoms. The Labute approximate surface area is 110 Å². The van der Waals surface area contributed by atoms with E-state index in [1.807, 2.05) is 20.8 Å². The van der Waals surface area contributed by atoms with Crippen molar-refractivity contribution < 1.29 is 9.59 Å². The number of nitrogens with zero attached hydrogens (tertiary/aromatic N) is 1. The Morgan fingerprint density at radius 2 is 2.22 bits per heavy atom. The minimum atomic E-state index is -0.162. The normalized spacial score (nSPS) is 23.4. The van der Waals surface area contributed by atoms with E-state index in [-0.39, 0.29) is 23.4 Å². The van der Waals surface area contributed by atoms with Crippen molar-refractivity contribution in [3.8, 4) is 0 Å². The van der Waals surface area contributed by atoms with Crippen LogP contribution in [0.2, 0.25) is 0 Å². The Kier molecular flexibility index (Phi) is 5.32. The first-order valence-corrected chi connectivity index (χ1v) is 6.91. The fraction of sp³-hybridized carbons (Fsp3) is 0.857. The Morgan fingerprint density at radius 1 is 1.56 bits per heavy atom. The molecule has 0 bridgehead atoms. The minimum Gasteiger partial charge on any atom is -0.350 e. The molecule has 4 nitrogen and oxygen atoms in total. The smallest absolute Gasteiger partial charge is 0.237 e. The van der Waals surface area contributed by atoms with Crippen molar-refractivity contribution in [2.45, 2.75) is 58.5 Å². The summed E-state index contributed by atoms with van der Waals surface area (Å²) >= 11 is 0. The van der Waals surface area contributed by atoms with Crippen molar-refractivity contribution in [3.05, 3.63) is 0 Å². The molecule has 0 aromatic rings. The molecular weight excluding hydrogens is 228 g/mol. The van der Waals surface area contributed by atoms with Crippen LogP contribution >= 0.6 is 0 Å². The van der Waals surface area contributed by atoms with Gasteiger partial charge in [-0.1, -0.05) is 6.92 Å². The minimum absolute atomic E-state index is 0.0633. The van der Waals surface area contributed by atoms with Crippen molar-refractivity contribution in [1.29, 1.82) is 0 Å². The van der Waals surface area contributed by atoms with Gasteiger partial charge in [0.25, 0.3) is 0 Å². The van der Waals surface area contributed by atoms with Crippen LogP contribution in [0, 0.1) is 5.92 Å². The zero-order chi connectivity index (χ0) is 13.8. The molecule has 1 N–H and O–H groups in total. The first-order valence-electron chi connectivity index (χ1n) is 6.91. The van der Waals surface area contributed by atoms with Gasteiger partial charge in [-0.2, -0.15) is 0 Å². The van der Waals surface area contributed by atoms with Crippen LogP contribution in [0.1, 0.15) is 47.0 Å². The Balaban J connectivity index is 2.55. The highest BCUT2D eigenvalue weighted by Crippen LogP contribution is 2.17. The zero-order valence-corrected chi connectivity index (χ0v) is 12.0. The van der Waals surface area contributed by atoms with Crippen LogP contribution < -0.4 is 5.32 Å².